The fourth-order valence-corrected chi connectivity index (χ4v) is 1.66. The molecule has 1 heterocycles. The Bertz CT molecular complexity index is 615. The zero-order valence-electron chi connectivity index (χ0n) is 10.3. The lowest BCUT2D eigenvalue weighted by molar-refractivity contribution is 0.102. The van der Waals surface area contributed by atoms with Gasteiger partial charge in [0.15, 0.2) is 0 Å². The third kappa shape index (κ3) is 2.69. The van der Waals surface area contributed by atoms with Gasteiger partial charge in [0.2, 0.25) is 0 Å². The number of carbonyl (C=O) groups excluding carboxylic acids is 1. The molecule has 0 aliphatic heterocycles. The van der Waals surface area contributed by atoms with E-state index in [2.05, 4.69) is 15.7 Å². The molecule has 19 heavy (non-hydrogen) atoms. The lowest BCUT2D eigenvalue weighted by atomic mass is 10.1. The van der Waals surface area contributed by atoms with Gasteiger partial charge < -0.3 is 10.7 Å². The van der Waals surface area contributed by atoms with Crippen molar-refractivity contribution in [2.75, 3.05) is 10.7 Å². The average molecular weight is 260 g/mol. The molecule has 1 aromatic carbocycles. The number of amides is 1. The topological polar surface area (TPSA) is 80.0 Å². The molecule has 98 valence electrons. The lowest BCUT2D eigenvalue weighted by Crippen LogP contribution is -2.18. The molecule has 0 atom stereocenters. The second kappa shape index (κ2) is 5.45. The van der Waals surface area contributed by atoms with Crippen molar-refractivity contribution in [1.82, 2.24) is 4.98 Å². The van der Waals surface area contributed by atoms with Crippen LogP contribution in [0.2, 0.25) is 0 Å². The zero-order chi connectivity index (χ0) is 13.8. The number of hydrogen-bond acceptors (Lipinski definition) is 4. The number of anilines is 2. The smallest absolute Gasteiger partial charge is 0.257 e. The highest BCUT2D eigenvalue weighted by atomic mass is 19.1. The number of para-hydroxylation sites is 1. The minimum atomic E-state index is -0.582. The van der Waals surface area contributed by atoms with E-state index in [9.17, 15) is 9.18 Å². The Hall–Kier alpha value is -2.47. The van der Waals surface area contributed by atoms with Crippen LogP contribution in [0.15, 0.2) is 36.7 Å². The van der Waals surface area contributed by atoms with Gasteiger partial charge in [-0.25, -0.2) is 4.39 Å². The van der Waals surface area contributed by atoms with Crippen LogP contribution in [0.25, 0.3) is 0 Å². The number of nitrogens with two attached hydrogens (primary N) is 1. The predicted octanol–water partition coefficient (Wildman–Crippen LogP) is 2.07. The first-order valence-corrected chi connectivity index (χ1v) is 5.60. The Morgan fingerprint density at radius 1 is 1.37 bits per heavy atom. The normalized spacial score (nSPS) is 10.1. The first-order chi connectivity index (χ1) is 9.13. The van der Waals surface area contributed by atoms with E-state index in [1.807, 2.05) is 6.92 Å². The highest BCUT2D eigenvalue weighted by molar-refractivity contribution is 6.08. The van der Waals surface area contributed by atoms with Crippen molar-refractivity contribution in [3.05, 3.63) is 53.6 Å². The van der Waals surface area contributed by atoms with Gasteiger partial charge in [-0.3, -0.25) is 15.6 Å². The van der Waals surface area contributed by atoms with Crippen LogP contribution in [0.1, 0.15) is 15.9 Å². The van der Waals surface area contributed by atoms with Gasteiger partial charge in [-0.15, -0.1) is 0 Å². The van der Waals surface area contributed by atoms with Crippen LogP contribution >= 0.6 is 0 Å². The van der Waals surface area contributed by atoms with Crippen LogP contribution in [-0.2, 0) is 0 Å². The van der Waals surface area contributed by atoms with E-state index in [1.165, 1.54) is 18.2 Å². The molecule has 0 bridgehead atoms. The van der Waals surface area contributed by atoms with Gasteiger partial charge in [0.25, 0.3) is 5.91 Å². The number of aromatic nitrogens is 1. The first kappa shape index (κ1) is 13.0. The Morgan fingerprint density at radius 2 is 2.16 bits per heavy atom. The van der Waals surface area contributed by atoms with Crippen molar-refractivity contribution in [3.8, 4) is 0 Å². The summed E-state index contributed by atoms with van der Waals surface area (Å²) in [4.78, 5) is 16.0. The summed E-state index contributed by atoms with van der Waals surface area (Å²) in [5.41, 5.74) is 3.73. The molecule has 2 aromatic rings. The molecule has 0 saturated heterocycles. The molecule has 0 saturated carbocycles. The van der Waals surface area contributed by atoms with Crippen LogP contribution < -0.4 is 16.6 Å². The van der Waals surface area contributed by atoms with Crippen molar-refractivity contribution in [2.24, 2.45) is 5.84 Å². The molecule has 0 radical (unpaired) electrons. The lowest BCUT2D eigenvalue weighted by Gasteiger charge is -2.11. The summed E-state index contributed by atoms with van der Waals surface area (Å²) >= 11 is 0. The number of hydrogen-bond donors (Lipinski definition) is 3. The predicted molar refractivity (Wildman–Crippen MR) is 71.1 cm³/mol. The molecule has 0 unspecified atom stereocenters. The second-order valence-corrected chi connectivity index (χ2v) is 3.95. The molecular formula is C13H13FN4O. The highest BCUT2D eigenvalue weighted by Gasteiger charge is 2.15. The van der Waals surface area contributed by atoms with E-state index in [4.69, 9.17) is 5.84 Å². The molecule has 5 nitrogen and oxygen atoms in total. The molecule has 0 aliphatic rings. The maximum absolute atomic E-state index is 13.5. The number of nitrogen functional groups attached to an aromatic ring is 1. The highest BCUT2D eigenvalue weighted by Crippen LogP contribution is 2.21. The van der Waals surface area contributed by atoms with Gasteiger partial charge in [-0.2, -0.15) is 0 Å². The molecule has 2 rings (SSSR count). The number of pyridine rings is 1. The van der Waals surface area contributed by atoms with E-state index < -0.39 is 11.7 Å². The van der Waals surface area contributed by atoms with Crippen molar-refractivity contribution < 1.29 is 9.18 Å². The first-order valence-electron chi connectivity index (χ1n) is 5.60. The Balaban J connectivity index is 2.31. The summed E-state index contributed by atoms with van der Waals surface area (Å²) in [7, 11) is 0. The molecular weight excluding hydrogens is 247 g/mol. The standard InChI is InChI=1S/C13H13FN4O/c1-8-7-16-6-5-11(8)17-13(19)9-3-2-4-10(14)12(9)18-15/h2-7,18H,15H2,1H3,(H,16,17,19). The quantitative estimate of drug-likeness (QED) is 0.583. The largest absolute Gasteiger partial charge is 0.322 e. The van der Waals surface area contributed by atoms with Gasteiger partial charge in [-0.05, 0) is 30.7 Å². The summed E-state index contributed by atoms with van der Waals surface area (Å²) in [5, 5.41) is 2.69. The van der Waals surface area contributed by atoms with Crippen LogP contribution in [0, 0.1) is 12.7 Å². The van der Waals surface area contributed by atoms with Crippen LogP contribution in [-0.4, -0.2) is 10.9 Å². The molecule has 1 aromatic heterocycles. The van der Waals surface area contributed by atoms with Gasteiger partial charge in [0.1, 0.15) is 5.82 Å². The third-order valence-corrected chi connectivity index (χ3v) is 2.67. The van der Waals surface area contributed by atoms with Crippen molar-refractivity contribution in [1.29, 1.82) is 0 Å². The van der Waals surface area contributed by atoms with Crippen LogP contribution in [0.5, 0.6) is 0 Å². The number of rotatable bonds is 3. The summed E-state index contributed by atoms with van der Waals surface area (Å²) in [6.45, 7) is 1.82. The zero-order valence-corrected chi connectivity index (χ0v) is 10.3. The Labute approximate surface area is 109 Å². The average Bonchev–Trinajstić information content (AvgIpc) is 2.41. The van der Waals surface area contributed by atoms with Gasteiger partial charge >= 0.3 is 0 Å². The molecule has 6 heteroatoms. The van der Waals surface area contributed by atoms with Crippen molar-refractivity contribution in [3.63, 3.8) is 0 Å². The van der Waals surface area contributed by atoms with Gasteiger partial charge in [0.05, 0.1) is 11.3 Å². The number of benzene rings is 1. The van der Waals surface area contributed by atoms with Crippen molar-refractivity contribution >= 4 is 17.3 Å². The second-order valence-electron chi connectivity index (χ2n) is 3.95. The molecule has 4 N–H and O–H groups in total. The molecule has 0 aliphatic carbocycles. The van der Waals surface area contributed by atoms with Crippen LogP contribution in [0.3, 0.4) is 0 Å². The fourth-order valence-electron chi connectivity index (χ4n) is 1.66. The number of nitrogens with zero attached hydrogens (tertiary/aromatic N) is 1. The minimum absolute atomic E-state index is 0.0355. The van der Waals surface area contributed by atoms with E-state index >= 15 is 0 Å². The number of carbonyl (C=O) groups is 1. The summed E-state index contributed by atoms with van der Waals surface area (Å²) in [6, 6.07) is 5.83. The molecule has 0 fully saturated rings. The number of halogens is 1. The molecule has 1 amide bonds. The van der Waals surface area contributed by atoms with E-state index in [0.29, 0.717) is 5.69 Å². The summed E-state index contributed by atoms with van der Waals surface area (Å²) in [6.07, 6.45) is 3.19. The maximum atomic E-state index is 13.5. The van der Waals surface area contributed by atoms with Gasteiger partial charge in [-0.1, -0.05) is 6.07 Å². The van der Waals surface area contributed by atoms with E-state index in [-0.39, 0.29) is 11.3 Å². The van der Waals surface area contributed by atoms with Crippen LogP contribution in [0.4, 0.5) is 15.8 Å². The SMILES string of the molecule is Cc1cnccc1NC(=O)c1cccc(F)c1NN. The molecule has 0 spiro atoms. The van der Waals surface area contributed by atoms with E-state index in [0.717, 1.165) is 5.56 Å². The maximum Gasteiger partial charge on any atom is 0.257 e. The van der Waals surface area contributed by atoms with Gasteiger partial charge in [0, 0.05) is 18.1 Å². The Morgan fingerprint density at radius 3 is 2.84 bits per heavy atom. The number of hydrazine groups is 1. The Kier molecular flexibility index (Phi) is 3.72. The monoisotopic (exact) mass is 260 g/mol. The summed E-state index contributed by atoms with van der Waals surface area (Å²) < 4.78 is 13.5. The minimum Gasteiger partial charge on any atom is -0.322 e. The number of nitrogens with one attached hydrogen (secondary N) is 2. The fraction of sp³-hybridized carbons (Fsp3) is 0.0769. The number of aryl methyl sites for hydroxylation is 1. The third-order valence-electron chi connectivity index (χ3n) is 2.67. The van der Waals surface area contributed by atoms with Crippen molar-refractivity contribution in [2.45, 2.75) is 6.92 Å². The van der Waals surface area contributed by atoms with E-state index in [1.54, 1.807) is 18.5 Å². The summed E-state index contributed by atoms with van der Waals surface area (Å²) in [5.74, 6) is 4.21.